The summed E-state index contributed by atoms with van der Waals surface area (Å²) in [5.74, 6) is 0.701. The van der Waals surface area contributed by atoms with Gasteiger partial charge in [-0.1, -0.05) is 12.1 Å². The summed E-state index contributed by atoms with van der Waals surface area (Å²) >= 11 is 0. The van der Waals surface area contributed by atoms with Gasteiger partial charge in [-0.15, -0.1) is 0 Å². The molecule has 5 rings (SSSR count). The van der Waals surface area contributed by atoms with Gasteiger partial charge in [0.05, 0.1) is 5.39 Å². The van der Waals surface area contributed by atoms with Gasteiger partial charge in [-0.05, 0) is 74.9 Å². The van der Waals surface area contributed by atoms with E-state index in [1.165, 1.54) is 30.6 Å². The van der Waals surface area contributed by atoms with Gasteiger partial charge in [0.15, 0.2) is 0 Å². The van der Waals surface area contributed by atoms with E-state index in [9.17, 15) is 8.78 Å². The molecule has 164 valence electrons. The van der Waals surface area contributed by atoms with Gasteiger partial charge in [0, 0.05) is 24.2 Å². The molecule has 1 aliphatic rings. The first-order valence-electron chi connectivity index (χ1n) is 10.7. The average molecular weight is 434 g/mol. The third kappa shape index (κ3) is 3.73. The summed E-state index contributed by atoms with van der Waals surface area (Å²) in [5, 5.41) is 0.778. The van der Waals surface area contributed by atoms with Crippen molar-refractivity contribution >= 4 is 16.9 Å². The quantitative estimate of drug-likeness (QED) is 0.432. The number of benzene rings is 2. The number of hydrogen-bond acceptors (Lipinski definition) is 5. The molecule has 0 N–H and O–H groups in total. The van der Waals surface area contributed by atoms with Crippen molar-refractivity contribution in [3.63, 3.8) is 0 Å². The average Bonchev–Trinajstić information content (AvgIpc) is 3.20. The number of rotatable bonds is 4. The van der Waals surface area contributed by atoms with E-state index in [0.717, 1.165) is 53.8 Å². The first-order valence-corrected chi connectivity index (χ1v) is 10.7. The van der Waals surface area contributed by atoms with Crippen LogP contribution in [-0.4, -0.2) is 48.1 Å². The molecule has 1 fully saturated rings. The lowest BCUT2D eigenvalue weighted by Crippen LogP contribution is -2.42. The Morgan fingerprint density at radius 3 is 2.12 bits per heavy atom. The molecule has 0 atom stereocenters. The Morgan fingerprint density at radius 1 is 0.906 bits per heavy atom. The summed E-state index contributed by atoms with van der Waals surface area (Å²) in [6.07, 6.45) is 3.58. The van der Waals surface area contributed by atoms with E-state index in [2.05, 4.69) is 33.9 Å². The van der Waals surface area contributed by atoms with Crippen molar-refractivity contribution in [3.8, 4) is 22.5 Å². The molecule has 1 aliphatic heterocycles. The van der Waals surface area contributed by atoms with Crippen LogP contribution in [0.25, 0.3) is 33.6 Å². The van der Waals surface area contributed by atoms with E-state index >= 15 is 0 Å². The van der Waals surface area contributed by atoms with Crippen LogP contribution in [0, 0.1) is 11.6 Å². The molecule has 0 saturated carbocycles. The van der Waals surface area contributed by atoms with Crippen LogP contribution in [0.3, 0.4) is 0 Å². The third-order valence-corrected chi connectivity index (χ3v) is 6.28. The van der Waals surface area contributed by atoms with Gasteiger partial charge in [-0.25, -0.2) is 18.7 Å². The molecule has 32 heavy (non-hydrogen) atoms. The first-order chi connectivity index (χ1) is 15.5. The Kier molecular flexibility index (Phi) is 5.35. The molecule has 1 saturated heterocycles. The second-order valence-electron chi connectivity index (χ2n) is 8.34. The fourth-order valence-electron chi connectivity index (χ4n) is 4.44. The highest BCUT2D eigenvalue weighted by Gasteiger charge is 2.27. The fourth-order valence-corrected chi connectivity index (χ4v) is 4.44. The Morgan fingerprint density at radius 2 is 1.50 bits per heavy atom. The highest BCUT2D eigenvalue weighted by atomic mass is 19.1. The zero-order valence-corrected chi connectivity index (χ0v) is 18.1. The smallest absolute Gasteiger partial charge is 0.232 e. The minimum Gasteiger partial charge on any atom is -0.437 e. The molecule has 0 amide bonds. The van der Waals surface area contributed by atoms with Gasteiger partial charge in [-0.3, -0.25) is 0 Å². The molecular formula is C25H24F2N4O. The highest BCUT2D eigenvalue weighted by molar-refractivity contribution is 6.06. The van der Waals surface area contributed by atoms with Crippen LogP contribution in [0.15, 0.2) is 59.3 Å². The predicted molar refractivity (Wildman–Crippen MR) is 122 cm³/mol. The van der Waals surface area contributed by atoms with Gasteiger partial charge >= 0.3 is 0 Å². The van der Waals surface area contributed by atoms with Crippen LogP contribution in [-0.2, 0) is 0 Å². The standard InChI is InChI=1S/C25H24F2N4O/c1-30-13-11-20(12-14-30)31(2)24-22-21(16-3-7-18(26)8-4-16)23(32-25(22)29-15-28-24)17-5-9-19(27)10-6-17/h3-10,15,20H,11-14H2,1-2H3. The molecule has 0 spiro atoms. The topological polar surface area (TPSA) is 45.4 Å². The molecular weight excluding hydrogens is 410 g/mol. The Balaban J connectivity index is 1.71. The maximum Gasteiger partial charge on any atom is 0.232 e. The number of furan rings is 1. The van der Waals surface area contributed by atoms with Gasteiger partial charge < -0.3 is 14.2 Å². The Bertz CT molecular complexity index is 1230. The van der Waals surface area contributed by atoms with E-state index in [0.29, 0.717) is 17.5 Å². The minimum atomic E-state index is -0.323. The van der Waals surface area contributed by atoms with Crippen molar-refractivity contribution in [2.75, 3.05) is 32.1 Å². The summed E-state index contributed by atoms with van der Waals surface area (Å²) in [6, 6.07) is 12.8. The molecule has 5 nitrogen and oxygen atoms in total. The lowest BCUT2D eigenvalue weighted by Gasteiger charge is -2.35. The molecule has 4 aromatic rings. The summed E-state index contributed by atoms with van der Waals surface area (Å²) < 4.78 is 33.5. The number of nitrogens with zero attached hydrogens (tertiary/aromatic N) is 4. The van der Waals surface area contributed by atoms with Crippen LogP contribution in [0.1, 0.15) is 12.8 Å². The number of piperidine rings is 1. The molecule has 0 unspecified atom stereocenters. The number of likely N-dealkylation sites (tertiary alicyclic amines) is 1. The zero-order valence-electron chi connectivity index (χ0n) is 18.1. The number of aromatic nitrogens is 2. The zero-order chi connectivity index (χ0) is 22.2. The van der Waals surface area contributed by atoms with Gasteiger partial charge in [0.25, 0.3) is 0 Å². The molecule has 0 radical (unpaired) electrons. The Hall–Kier alpha value is -3.32. The lowest BCUT2D eigenvalue weighted by atomic mass is 9.98. The maximum absolute atomic E-state index is 13.7. The number of halogens is 2. The SMILES string of the molecule is CN1CCC(N(C)c2ncnc3oc(-c4ccc(F)cc4)c(-c4ccc(F)cc4)c23)CC1. The third-order valence-electron chi connectivity index (χ3n) is 6.28. The predicted octanol–water partition coefficient (Wildman–Crippen LogP) is 5.37. The molecule has 7 heteroatoms. The van der Waals surface area contributed by atoms with E-state index in [1.54, 1.807) is 24.3 Å². The second-order valence-corrected chi connectivity index (χ2v) is 8.34. The molecule has 2 aromatic carbocycles. The van der Waals surface area contributed by atoms with Crippen LogP contribution >= 0.6 is 0 Å². The summed E-state index contributed by atoms with van der Waals surface area (Å²) in [4.78, 5) is 13.6. The number of fused-ring (bicyclic) bond motifs is 1. The van der Waals surface area contributed by atoms with Crippen molar-refractivity contribution in [3.05, 3.63) is 66.5 Å². The van der Waals surface area contributed by atoms with Crippen molar-refractivity contribution in [1.82, 2.24) is 14.9 Å². The fraction of sp³-hybridized carbons (Fsp3) is 0.280. The molecule has 3 heterocycles. The molecule has 0 bridgehead atoms. The first kappa shape index (κ1) is 20.6. The van der Waals surface area contributed by atoms with E-state index in [4.69, 9.17) is 4.42 Å². The van der Waals surface area contributed by atoms with E-state index in [-0.39, 0.29) is 11.6 Å². The summed E-state index contributed by atoms with van der Waals surface area (Å²) in [6.45, 7) is 2.06. The molecule has 2 aromatic heterocycles. The molecule has 0 aliphatic carbocycles. The van der Waals surface area contributed by atoms with Crippen molar-refractivity contribution < 1.29 is 13.2 Å². The van der Waals surface area contributed by atoms with Crippen LogP contribution in [0.2, 0.25) is 0 Å². The normalized spacial score (nSPS) is 15.4. The van der Waals surface area contributed by atoms with Crippen molar-refractivity contribution in [2.24, 2.45) is 0 Å². The van der Waals surface area contributed by atoms with Crippen molar-refractivity contribution in [2.45, 2.75) is 18.9 Å². The van der Waals surface area contributed by atoms with Gasteiger partial charge in [0.2, 0.25) is 5.71 Å². The Labute approximate surface area is 185 Å². The largest absolute Gasteiger partial charge is 0.437 e. The number of hydrogen-bond donors (Lipinski definition) is 0. The summed E-state index contributed by atoms with van der Waals surface area (Å²) in [5.41, 5.74) is 2.74. The minimum absolute atomic E-state index is 0.315. The van der Waals surface area contributed by atoms with Crippen LogP contribution in [0.5, 0.6) is 0 Å². The second kappa shape index (κ2) is 8.31. The monoisotopic (exact) mass is 434 g/mol. The van der Waals surface area contributed by atoms with Crippen LogP contribution in [0.4, 0.5) is 14.6 Å². The van der Waals surface area contributed by atoms with E-state index in [1.807, 2.05) is 0 Å². The van der Waals surface area contributed by atoms with Gasteiger partial charge in [-0.2, -0.15) is 0 Å². The lowest BCUT2D eigenvalue weighted by molar-refractivity contribution is 0.252. The highest BCUT2D eigenvalue weighted by Crippen LogP contribution is 2.43. The number of anilines is 1. The van der Waals surface area contributed by atoms with Gasteiger partial charge in [0.1, 0.15) is 29.5 Å². The van der Waals surface area contributed by atoms with Crippen LogP contribution < -0.4 is 4.90 Å². The summed E-state index contributed by atoms with van der Waals surface area (Å²) in [7, 11) is 4.19. The maximum atomic E-state index is 13.7. The van der Waals surface area contributed by atoms with Crippen molar-refractivity contribution in [1.29, 1.82) is 0 Å². The van der Waals surface area contributed by atoms with E-state index < -0.39 is 0 Å².